The van der Waals surface area contributed by atoms with Crippen molar-refractivity contribution in [3.8, 4) is 0 Å². The van der Waals surface area contributed by atoms with Gasteiger partial charge in [-0.05, 0) is 74.6 Å². The average Bonchev–Trinajstić information content (AvgIpc) is 2.71. The Morgan fingerprint density at radius 1 is 0.781 bits per heavy atom. The number of rotatable bonds is 6. The molecule has 0 saturated heterocycles. The van der Waals surface area contributed by atoms with Gasteiger partial charge in [-0.15, -0.1) is 0 Å². The lowest BCUT2D eigenvalue weighted by molar-refractivity contribution is -0.0142. The van der Waals surface area contributed by atoms with Crippen LogP contribution in [0, 0.1) is 44.9 Å². The van der Waals surface area contributed by atoms with Gasteiger partial charge in [0.15, 0.2) is 0 Å². The Balaban J connectivity index is 1.42. The van der Waals surface area contributed by atoms with Crippen LogP contribution in [0.15, 0.2) is 36.4 Å². The molecule has 2 unspecified atom stereocenters. The number of urea groups is 2. The van der Waals surface area contributed by atoms with Gasteiger partial charge in [-0.25, -0.2) is 9.59 Å². The molecule has 0 radical (unpaired) electrons. The zero-order chi connectivity index (χ0) is 23.5. The van der Waals surface area contributed by atoms with Gasteiger partial charge in [0.1, 0.15) is 0 Å². The van der Waals surface area contributed by atoms with E-state index in [2.05, 4.69) is 47.2 Å². The third-order valence-electron chi connectivity index (χ3n) is 6.95. The van der Waals surface area contributed by atoms with E-state index >= 15 is 0 Å². The molecule has 3 rings (SSSR count). The summed E-state index contributed by atoms with van der Waals surface area (Å²) in [5.74, 6) is 0.753. The molecule has 1 aliphatic carbocycles. The van der Waals surface area contributed by atoms with Crippen LogP contribution < -0.4 is 21.3 Å². The number of hydrogen-bond donors (Lipinski definition) is 4. The van der Waals surface area contributed by atoms with Crippen LogP contribution in [0.25, 0.3) is 0 Å². The molecule has 0 heterocycles. The first-order chi connectivity index (χ1) is 15.1. The van der Waals surface area contributed by atoms with Gasteiger partial charge in [-0.1, -0.05) is 49.2 Å². The van der Waals surface area contributed by atoms with Gasteiger partial charge in [0, 0.05) is 24.5 Å². The number of hydrogen-bond acceptors (Lipinski definition) is 2. The summed E-state index contributed by atoms with van der Waals surface area (Å²) in [4.78, 5) is 24.7. The van der Waals surface area contributed by atoms with Gasteiger partial charge in [0.2, 0.25) is 0 Å². The Kier molecular flexibility index (Phi) is 7.12. The van der Waals surface area contributed by atoms with E-state index in [9.17, 15) is 9.59 Å². The Labute approximate surface area is 191 Å². The smallest absolute Gasteiger partial charge is 0.319 e. The predicted octanol–water partition coefficient (Wildman–Crippen LogP) is 5.53. The van der Waals surface area contributed by atoms with Crippen molar-refractivity contribution < 1.29 is 9.59 Å². The Morgan fingerprint density at radius 3 is 1.53 bits per heavy atom. The summed E-state index contributed by atoms with van der Waals surface area (Å²) >= 11 is 0. The lowest BCUT2D eigenvalue weighted by Gasteiger charge is -2.52. The largest absolute Gasteiger partial charge is 0.338 e. The third kappa shape index (κ3) is 5.61. The molecule has 4 amide bonds. The van der Waals surface area contributed by atoms with Crippen molar-refractivity contribution in [1.82, 2.24) is 10.6 Å². The SMILES string of the molecule is Cc1ccc(NC(=O)NCC2CC(CNC(=O)Nc3ccc(C)cc3C)C2(C)C)c(C)c1. The number of benzene rings is 2. The molecular weight excluding hydrogens is 400 g/mol. The first-order valence-electron chi connectivity index (χ1n) is 11.3. The zero-order valence-corrected chi connectivity index (χ0v) is 20.1. The highest BCUT2D eigenvalue weighted by Crippen LogP contribution is 2.50. The van der Waals surface area contributed by atoms with Crippen LogP contribution in [-0.2, 0) is 0 Å². The van der Waals surface area contributed by atoms with Crippen molar-refractivity contribution in [2.24, 2.45) is 17.3 Å². The van der Waals surface area contributed by atoms with Crippen LogP contribution in [0.3, 0.4) is 0 Å². The first-order valence-corrected chi connectivity index (χ1v) is 11.3. The van der Waals surface area contributed by atoms with Crippen molar-refractivity contribution >= 4 is 23.4 Å². The number of carbonyl (C=O) groups is 2. The van der Waals surface area contributed by atoms with E-state index in [1.54, 1.807) is 0 Å². The Morgan fingerprint density at radius 2 is 1.19 bits per heavy atom. The van der Waals surface area contributed by atoms with Gasteiger partial charge >= 0.3 is 12.1 Å². The van der Waals surface area contributed by atoms with Crippen LogP contribution in [0.2, 0.25) is 0 Å². The molecule has 1 saturated carbocycles. The van der Waals surface area contributed by atoms with Crippen molar-refractivity contribution in [3.63, 3.8) is 0 Å². The van der Waals surface area contributed by atoms with Gasteiger partial charge in [-0.3, -0.25) is 0 Å². The molecule has 6 nitrogen and oxygen atoms in total. The maximum atomic E-state index is 12.3. The summed E-state index contributed by atoms with van der Waals surface area (Å²) in [6, 6.07) is 11.6. The van der Waals surface area contributed by atoms with Crippen LogP contribution in [0.5, 0.6) is 0 Å². The van der Waals surface area contributed by atoms with Gasteiger partial charge in [0.05, 0.1) is 0 Å². The van der Waals surface area contributed by atoms with Gasteiger partial charge < -0.3 is 21.3 Å². The molecule has 0 aliphatic heterocycles. The van der Waals surface area contributed by atoms with E-state index in [0.717, 1.165) is 28.9 Å². The lowest BCUT2D eigenvalue weighted by Crippen LogP contribution is -2.54. The monoisotopic (exact) mass is 436 g/mol. The van der Waals surface area contributed by atoms with Crippen molar-refractivity contribution in [3.05, 3.63) is 58.7 Å². The molecule has 2 aromatic rings. The molecule has 2 atom stereocenters. The molecule has 172 valence electrons. The fourth-order valence-corrected chi connectivity index (χ4v) is 4.49. The molecule has 2 aromatic carbocycles. The molecular formula is C26H36N4O2. The first kappa shape index (κ1) is 23.6. The van der Waals surface area contributed by atoms with E-state index in [0.29, 0.717) is 24.9 Å². The Hall–Kier alpha value is -3.02. The highest BCUT2D eigenvalue weighted by atomic mass is 16.2. The quantitative estimate of drug-likeness (QED) is 0.480. The minimum atomic E-state index is -0.179. The lowest BCUT2D eigenvalue weighted by atomic mass is 9.54. The topological polar surface area (TPSA) is 82.3 Å². The standard InChI is InChI=1S/C26H36N4O2/c1-16-7-9-22(18(3)11-16)29-24(31)27-14-20-13-21(26(20,5)6)15-28-25(32)30-23-10-8-17(2)12-19(23)4/h7-12,20-21H,13-15H2,1-6H3,(H2,27,29,31)(H2,28,30,32). The second-order valence-electron chi connectivity index (χ2n) is 9.76. The van der Waals surface area contributed by atoms with Crippen LogP contribution in [0.4, 0.5) is 21.0 Å². The van der Waals surface area contributed by atoms with Crippen molar-refractivity contribution in [2.75, 3.05) is 23.7 Å². The second kappa shape index (κ2) is 9.63. The summed E-state index contributed by atoms with van der Waals surface area (Å²) < 4.78 is 0. The fraction of sp³-hybridized carbons (Fsp3) is 0.462. The van der Waals surface area contributed by atoms with Gasteiger partial charge in [0.25, 0.3) is 0 Å². The Bertz CT molecular complexity index is 922. The highest BCUT2D eigenvalue weighted by molar-refractivity contribution is 5.90. The highest BCUT2D eigenvalue weighted by Gasteiger charge is 2.47. The fourth-order valence-electron chi connectivity index (χ4n) is 4.49. The summed E-state index contributed by atoms with van der Waals surface area (Å²) in [5, 5.41) is 11.9. The minimum absolute atomic E-state index is 0.0418. The number of amides is 4. The summed E-state index contributed by atoms with van der Waals surface area (Å²) in [6.07, 6.45) is 0.973. The molecule has 0 aromatic heterocycles. The molecule has 4 N–H and O–H groups in total. The normalized spacial score (nSPS) is 18.9. The molecule has 1 fully saturated rings. The molecule has 32 heavy (non-hydrogen) atoms. The number of anilines is 2. The minimum Gasteiger partial charge on any atom is -0.338 e. The molecule has 6 heteroatoms. The summed E-state index contributed by atoms with van der Waals surface area (Å²) in [7, 11) is 0. The van der Waals surface area contributed by atoms with Gasteiger partial charge in [-0.2, -0.15) is 0 Å². The van der Waals surface area contributed by atoms with E-state index in [1.165, 1.54) is 11.1 Å². The number of aryl methyl sites for hydroxylation is 4. The summed E-state index contributed by atoms with van der Waals surface area (Å²) in [6.45, 7) is 13.7. The third-order valence-corrected chi connectivity index (χ3v) is 6.95. The molecule has 1 aliphatic rings. The van der Waals surface area contributed by atoms with E-state index in [1.807, 2.05) is 52.0 Å². The van der Waals surface area contributed by atoms with Crippen LogP contribution in [0.1, 0.15) is 42.5 Å². The van der Waals surface area contributed by atoms with Crippen molar-refractivity contribution in [2.45, 2.75) is 48.0 Å². The van der Waals surface area contributed by atoms with Crippen LogP contribution >= 0.6 is 0 Å². The molecule has 0 bridgehead atoms. The maximum Gasteiger partial charge on any atom is 0.319 e. The number of nitrogens with one attached hydrogen (secondary N) is 4. The average molecular weight is 437 g/mol. The molecule has 0 spiro atoms. The van der Waals surface area contributed by atoms with E-state index in [4.69, 9.17) is 0 Å². The van der Waals surface area contributed by atoms with E-state index < -0.39 is 0 Å². The van der Waals surface area contributed by atoms with Crippen LogP contribution in [-0.4, -0.2) is 25.2 Å². The zero-order valence-electron chi connectivity index (χ0n) is 20.1. The second-order valence-corrected chi connectivity index (χ2v) is 9.76. The van der Waals surface area contributed by atoms with Crippen molar-refractivity contribution in [1.29, 1.82) is 0 Å². The number of carbonyl (C=O) groups excluding carboxylic acids is 2. The predicted molar refractivity (Wildman–Crippen MR) is 131 cm³/mol. The summed E-state index contributed by atoms with van der Waals surface area (Å²) in [5.41, 5.74) is 6.15. The maximum absolute atomic E-state index is 12.3. The van der Waals surface area contributed by atoms with E-state index in [-0.39, 0.29) is 17.5 Å².